The third-order valence-corrected chi connectivity index (χ3v) is 6.32. The molecule has 2 aliphatic rings. The number of nitrogens with zero attached hydrogens (tertiary/aromatic N) is 4. The van der Waals surface area contributed by atoms with Gasteiger partial charge in [-0.05, 0) is 29.7 Å². The normalized spacial score (nSPS) is 17.4. The number of ether oxygens (including phenoxy) is 1. The minimum Gasteiger partial charge on any atom is -0.378 e. The van der Waals surface area contributed by atoms with E-state index < -0.39 is 0 Å². The van der Waals surface area contributed by atoms with Crippen molar-refractivity contribution in [3.63, 3.8) is 0 Å². The van der Waals surface area contributed by atoms with Gasteiger partial charge in [-0.15, -0.1) is 0 Å². The van der Waals surface area contributed by atoms with Gasteiger partial charge in [-0.2, -0.15) is 0 Å². The first-order valence-electron chi connectivity index (χ1n) is 10.8. The minimum absolute atomic E-state index is 0.00170. The predicted molar refractivity (Wildman–Crippen MR) is 123 cm³/mol. The van der Waals surface area contributed by atoms with Crippen LogP contribution in [0.3, 0.4) is 0 Å². The number of anilines is 2. The van der Waals surface area contributed by atoms with Crippen molar-refractivity contribution in [3.8, 4) is 0 Å². The van der Waals surface area contributed by atoms with Gasteiger partial charge in [-0.1, -0.05) is 12.1 Å². The van der Waals surface area contributed by atoms with Gasteiger partial charge in [-0.3, -0.25) is 14.6 Å². The zero-order chi connectivity index (χ0) is 21.4. The van der Waals surface area contributed by atoms with Crippen LogP contribution in [0.15, 0.2) is 47.4 Å². The number of benzene rings is 1. The van der Waals surface area contributed by atoms with Gasteiger partial charge in [0, 0.05) is 57.3 Å². The summed E-state index contributed by atoms with van der Waals surface area (Å²) in [6.07, 6.45) is 1.83. The molecule has 31 heavy (non-hydrogen) atoms. The maximum atomic E-state index is 13.5. The highest BCUT2D eigenvalue weighted by molar-refractivity contribution is 5.94. The van der Waals surface area contributed by atoms with Crippen LogP contribution in [0.25, 0.3) is 21.7 Å². The van der Waals surface area contributed by atoms with Crippen LogP contribution in [0.1, 0.15) is 6.92 Å². The number of hydrogen-bond acceptors (Lipinski definition) is 6. The summed E-state index contributed by atoms with van der Waals surface area (Å²) in [7, 11) is 0. The van der Waals surface area contributed by atoms with E-state index in [2.05, 4.69) is 20.9 Å². The molecule has 5 rings (SSSR count). The molecule has 0 saturated carbocycles. The molecule has 0 aliphatic carbocycles. The zero-order valence-electron chi connectivity index (χ0n) is 17.7. The maximum Gasteiger partial charge on any atom is 0.219 e. The zero-order valence-corrected chi connectivity index (χ0v) is 17.7. The van der Waals surface area contributed by atoms with Gasteiger partial charge in [0.15, 0.2) is 5.43 Å². The van der Waals surface area contributed by atoms with Crippen LogP contribution in [-0.2, 0) is 9.53 Å². The van der Waals surface area contributed by atoms with Crippen molar-refractivity contribution < 1.29 is 9.53 Å². The highest BCUT2D eigenvalue weighted by Crippen LogP contribution is 2.24. The van der Waals surface area contributed by atoms with E-state index in [0.717, 1.165) is 42.9 Å². The lowest BCUT2D eigenvalue weighted by molar-refractivity contribution is -0.129. The molecule has 0 unspecified atom stereocenters. The molecule has 2 aliphatic heterocycles. The fraction of sp³-hybridized carbons (Fsp3) is 0.375. The van der Waals surface area contributed by atoms with E-state index in [9.17, 15) is 9.59 Å². The van der Waals surface area contributed by atoms with Crippen molar-refractivity contribution >= 4 is 39.0 Å². The van der Waals surface area contributed by atoms with Gasteiger partial charge in [0.25, 0.3) is 0 Å². The van der Waals surface area contributed by atoms with E-state index in [1.54, 1.807) is 6.92 Å². The fourth-order valence-corrected chi connectivity index (χ4v) is 4.45. The average molecular weight is 418 g/mol. The van der Waals surface area contributed by atoms with Crippen LogP contribution in [0.2, 0.25) is 0 Å². The summed E-state index contributed by atoms with van der Waals surface area (Å²) in [6, 6.07) is 11.9. The molecule has 0 spiro atoms. The van der Waals surface area contributed by atoms with E-state index in [0.29, 0.717) is 42.6 Å². The van der Waals surface area contributed by atoms with Crippen LogP contribution in [0, 0.1) is 0 Å². The standard InChI is InChI=1S/C24H26N4O3/c1-17(29)26-6-8-27(9-7-26)20-15-22-23(25-16-20)5-3-18-2-4-19(14-21(18)24(22)30)28-10-12-31-13-11-28/h2-5,14-16H,6-13H2,1H3. The van der Waals surface area contributed by atoms with E-state index >= 15 is 0 Å². The maximum absolute atomic E-state index is 13.5. The molecule has 3 heterocycles. The molecule has 0 radical (unpaired) electrons. The van der Waals surface area contributed by atoms with E-state index in [4.69, 9.17) is 4.74 Å². The van der Waals surface area contributed by atoms with Gasteiger partial charge in [0.1, 0.15) is 0 Å². The molecule has 3 aromatic rings. The minimum atomic E-state index is 0.00170. The number of amides is 1. The largest absolute Gasteiger partial charge is 0.378 e. The van der Waals surface area contributed by atoms with Crippen LogP contribution in [-0.4, -0.2) is 68.3 Å². The van der Waals surface area contributed by atoms with Crippen molar-refractivity contribution in [3.05, 3.63) is 52.8 Å². The van der Waals surface area contributed by atoms with E-state index in [-0.39, 0.29) is 11.3 Å². The number of carbonyl (C=O) groups is 1. The highest BCUT2D eigenvalue weighted by atomic mass is 16.5. The second kappa shape index (κ2) is 8.15. The first kappa shape index (κ1) is 19.8. The summed E-state index contributed by atoms with van der Waals surface area (Å²) in [6.45, 7) is 7.53. The number of pyridine rings is 1. The first-order chi connectivity index (χ1) is 15.1. The lowest BCUT2D eigenvalue weighted by Crippen LogP contribution is -2.48. The summed E-state index contributed by atoms with van der Waals surface area (Å²) >= 11 is 0. The van der Waals surface area contributed by atoms with Gasteiger partial charge in [0.2, 0.25) is 5.91 Å². The Morgan fingerprint density at radius 2 is 1.55 bits per heavy atom. The third-order valence-electron chi connectivity index (χ3n) is 6.32. The lowest BCUT2D eigenvalue weighted by Gasteiger charge is -2.35. The summed E-state index contributed by atoms with van der Waals surface area (Å²) in [5, 5.41) is 2.25. The van der Waals surface area contributed by atoms with Crippen molar-refractivity contribution in [2.45, 2.75) is 6.92 Å². The summed E-state index contributed by atoms with van der Waals surface area (Å²) in [5.74, 6) is 0.104. The monoisotopic (exact) mass is 418 g/mol. The van der Waals surface area contributed by atoms with E-state index in [1.165, 1.54) is 0 Å². The topological polar surface area (TPSA) is 66.0 Å². The Hall–Kier alpha value is -3.19. The molecule has 0 N–H and O–H groups in total. The van der Waals surface area contributed by atoms with Crippen molar-refractivity contribution in [2.24, 2.45) is 0 Å². The number of piperazine rings is 1. The number of carbonyl (C=O) groups excluding carboxylic acids is 1. The third kappa shape index (κ3) is 3.81. The SMILES string of the molecule is CC(=O)N1CCN(c2cnc3ccc4ccc(N5CCOCC5)cc4c(=O)c3c2)CC1. The molecular formula is C24H26N4O3. The van der Waals surface area contributed by atoms with Gasteiger partial charge < -0.3 is 19.4 Å². The summed E-state index contributed by atoms with van der Waals surface area (Å²) < 4.78 is 5.46. The van der Waals surface area contributed by atoms with Gasteiger partial charge >= 0.3 is 0 Å². The lowest BCUT2D eigenvalue weighted by atomic mass is 10.1. The van der Waals surface area contributed by atoms with Crippen molar-refractivity contribution in [1.82, 2.24) is 9.88 Å². The fourth-order valence-electron chi connectivity index (χ4n) is 4.45. The molecule has 2 aromatic carbocycles. The molecular weight excluding hydrogens is 392 g/mol. The van der Waals surface area contributed by atoms with Crippen LogP contribution >= 0.6 is 0 Å². The van der Waals surface area contributed by atoms with Gasteiger partial charge in [0.05, 0.1) is 36.0 Å². The Labute approximate surface area is 180 Å². The second-order valence-corrected chi connectivity index (χ2v) is 8.15. The highest BCUT2D eigenvalue weighted by Gasteiger charge is 2.20. The Kier molecular flexibility index (Phi) is 5.19. The summed E-state index contributed by atoms with van der Waals surface area (Å²) in [5.41, 5.74) is 2.68. The Morgan fingerprint density at radius 3 is 2.29 bits per heavy atom. The predicted octanol–water partition coefficient (Wildman–Crippen LogP) is 2.25. The Bertz CT molecular complexity index is 1200. The van der Waals surface area contributed by atoms with Crippen molar-refractivity contribution in [1.29, 1.82) is 0 Å². The Morgan fingerprint density at radius 1 is 0.871 bits per heavy atom. The Balaban J connectivity index is 1.55. The average Bonchev–Trinajstić information content (AvgIpc) is 2.96. The molecule has 0 bridgehead atoms. The number of morpholine rings is 1. The number of hydrogen-bond donors (Lipinski definition) is 0. The van der Waals surface area contributed by atoms with E-state index in [1.807, 2.05) is 41.4 Å². The molecule has 160 valence electrons. The molecule has 0 atom stereocenters. The van der Waals surface area contributed by atoms with Crippen LogP contribution < -0.4 is 15.2 Å². The number of fused-ring (bicyclic) bond motifs is 2. The quantitative estimate of drug-likeness (QED) is 0.636. The number of rotatable bonds is 2. The first-order valence-corrected chi connectivity index (χ1v) is 10.8. The summed E-state index contributed by atoms with van der Waals surface area (Å²) in [4.78, 5) is 36.1. The molecule has 2 saturated heterocycles. The van der Waals surface area contributed by atoms with Crippen LogP contribution in [0.4, 0.5) is 11.4 Å². The molecule has 7 heteroatoms. The number of aromatic nitrogens is 1. The van der Waals surface area contributed by atoms with Crippen molar-refractivity contribution in [2.75, 3.05) is 62.3 Å². The molecule has 1 amide bonds. The van der Waals surface area contributed by atoms with Gasteiger partial charge in [-0.25, -0.2) is 0 Å². The molecule has 2 fully saturated rings. The molecule has 1 aromatic heterocycles. The second-order valence-electron chi connectivity index (χ2n) is 8.15. The smallest absolute Gasteiger partial charge is 0.219 e. The molecule has 7 nitrogen and oxygen atoms in total. The van der Waals surface area contributed by atoms with Crippen LogP contribution in [0.5, 0.6) is 0 Å².